The molecule has 0 fully saturated rings. The number of carbonyl (C=O) groups is 3. The maximum absolute atomic E-state index is 12.8. The van der Waals surface area contributed by atoms with Crippen LogP contribution in [-0.4, -0.2) is 37.2 Å². The summed E-state index contributed by atoms with van der Waals surface area (Å²) in [6.07, 6.45) is 53.6. The second kappa shape index (κ2) is 50.4. The molecule has 0 N–H and O–H groups in total. The second-order valence-corrected chi connectivity index (χ2v) is 19.5. The van der Waals surface area contributed by atoms with E-state index in [2.05, 4.69) is 27.7 Å². The minimum atomic E-state index is -0.761. The SMILES string of the molecule is CCCCCCCCCCCCCCCCCCCC(=O)O[C@@H](COC(=O)CCCCCCCCCCCCCCC)COC(=O)CCCCCCCCCCCCC(C)CC. The quantitative estimate of drug-likeness (QED) is 0.0344. The molecule has 6 nitrogen and oxygen atoms in total. The average Bonchev–Trinajstić information content (AvgIpc) is 3.27. The van der Waals surface area contributed by atoms with E-state index < -0.39 is 6.10 Å². The first-order chi connectivity index (χ1) is 30.4. The van der Waals surface area contributed by atoms with E-state index in [-0.39, 0.29) is 31.1 Å². The van der Waals surface area contributed by atoms with E-state index in [0.717, 1.165) is 63.7 Å². The number of unbranched alkanes of at least 4 members (excludes halogenated alkanes) is 37. The third-order valence-corrected chi connectivity index (χ3v) is 13.2. The van der Waals surface area contributed by atoms with E-state index in [9.17, 15) is 14.4 Å². The number of carbonyl (C=O) groups excluding carboxylic acids is 3. The van der Waals surface area contributed by atoms with Gasteiger partial charge in [-0.3, -0.25) is 14.4 Å². The predicted octanol–water partition coefficient (Wildman–Crippen LogP) is 18.2. The summed E-state index contributed by atoms with van der Waals surface area (Å²) in [5.41, 5.74) is 0. The molecule has 0 radical (unpaired) electrons. The van der Waals surface area contributed by atoms with Gasteiger partial charge in [0, 0.05) is 19.3 Å². The fraction of sp³-hybridized carbons (Fsp3) is 0.946. The fourth-order valence-corrected chi connectivity index (χ4v) is 8.54. The van der Waals surface area contributed by atoms with E-state index in [1.807, 2.05) is 0 Å². The highest BCUT2D eigenvalue weighted by Gasteiger charge is 2.19. The lowest BCUT2D eigenvalue weighted by molar-refractivity contribution is -0.167. The predicted molar refractivity (Wildman–Crippen MR) is 266 cm³/mol. The molecular formula is C56H108O6. The van der Waals surface area contributed by atoms with Gasteiger partial charge in [-0.25, -0.2) is 0 Å². The van der Waals surface area contributed by atoms with Gasteiger partial charge in [-0.15, -0.1) is 0 Å². The van der Waals surface area contributed by atoms with E-state index >= 15 is 0 Å². The zero-order valence-corrected chi connectivity index (χ0v) is 42.3. The normalized spacial score (nSPS) is 12.4. The van der Waals surface area contributed by atoms with Crippen LogP contribution in [0.4, 0.5) is 0 Å². The minimum absolute atomic E-state index is 0.0623. The summed E-state index contributed by atoms with van der Waals surface area (Å²) in [5.74, 6) is 0.0310. The topological polar surface area (TPSA) is 78.9 Å². The minimum Gasteiger partial charge on any atom is -0.462 e. The lowest BCUT2D eigenvalue weighted by Crippen LogP contribution is -2.30. The summed E-state index contributed by atoms with van der Waals surface area (Å²) in [7, 11) is 0. The van der Waals surface area contributed by atoms with Gasteiger partial charge in [0.2, 0.25) is 0 Å². The van der Waals surface area contributed by atoms with Crippen LogP contribution in [0, 0.1) is 5.92 Å². The molecule has 1 unspecified atom stereocenters. The van der Waals surface area contributed by atoms with Crippen molar-refractivity contribution in [2.24, 2.45) is 5.92 Å². The summed E-state index contributed by atoms with van der Waals surface area (Å²) in [6.45, 7) is 9.07. The largest absolute Gasteiger partial charge is 0.462 e. The van der Waals surface area contributed by atoms with Gasteiger partial charge in [0.1, 0.15) is 13.2 Å². The molecule has 0 aliphatic heterocycles. The number of rotatable bonds is 51. The van der Waals surface area contributed by atoms with Gasteiger partial charge < -0.3 is 14.2 Å². The molecule has 0 saturated carbocycles. The molecule has 0 aromatic heterocycles. The second-order valence-electron chi connectivity index (χ2n) is 19.5. The van der Waals surface area contributed by atoms with Crippen molar-refractivity contribution in [1.29, 1.82) is 0 Å². The third kappa shape index (κ3) is 47.9. The summed E-state index contributed by atoms with van der Waals surface area (Å²) in [5, 5.41) is 0. The Morgan fingerprint density at radius 2 is 0.565 bits per heavy atom. The molecule has 0 aromatic rings. The average molecular weight is 877 g/mol. The molecule has 62 heavy (non-hydrogen) atoms. The van der Waals surface area contributed by atoms with Gasteiger partial charge in [-0.2, -0.15) is 0 Å². The van der Waals surface area contributed by atoms with Crippen LogP contribution in [0.15, 0.2) is 0 Å². The molecule has 2 atom stereocenters. The Balaban J connectivity index is 4.30. The van der Waals surface area contributed by atoms with Crippen LogP contribution < -0.4 is 0 Å². The van der Waals surface area contributed by atoms with Crippen LogP contribution in [0.2, 0.25) is 0 Å². The van der Waals surface area contributed by atoms with Gasteiger partial charge in [-0.05, 0) is 25.2 Å². The zero-order chi connectivity index (χ0) is 45.2. The van der Waals surface area contributed by atoms with Crippen LogP contribution in [-0.2, 0) is 28.6 Å². The van der Waals surface area contributed by atoms with Crippen molar-refractivity contribution in [1.82, 2.24) is 0 Å². The Morgan fingerprint density at radius 3 is 0.839 bits per heavy atom. The van der Waals surface area contributed by atoms with Gasteiger partial charge >= 0.3 is 17.9 Å². The standard InChI is InChI=1S/C56H108O6/c1-5-8-10-12-14-16-18-20-21-22-23-25-27-33-37-41-45-49-56(59)62-53(50-60-54(57)47-43-39-35-31-26-24-19-17-15-13-11-9-6-2)51-61-55(58)48-44-40-36-32-29-28-30-34-38-42-46-52(4)7-3/h52-53H,5-51H2,1-4H3/t52?,53-/m0/s1. The Labute approximate surface area is 387 Å². The van der Waals surface area contributed by atoms with E-state index in [0.29, 0.717) is 19.3 Å². The molecule has 0 aromatic carbocycles. The molecule has 0 heterocycles. The molecule has 0 spiro atoms. The smallest absolute Gasteiger partial charge is 0.306 e. The van der Waals surface area contributed by atoms with Gasteiger partial charge in [0.25, 0.3) is 0 Å². The first-order valence-corrected chi connectivity index (χ1v) is 27.9. The number of hydrogen-bond donors (Lipinski definition) is 0. The van der Waals surface area contributed by atoms with Gasteiger partial charge in [0.15, 0.2) is 6.10 Å². The summed E-state index contributed by atoms with van der Waals surface area (Å²) in [4.78, 5) is 38.1. The summed E-state index contributed by atoms with van der Waals surface area (Å²) in [6, 6.07) is 0. The highest BCUT2D eigenvalue weighted by Crippen LogP contribution is 2.18. The van der Waals surface area contributed by atoms with E-state index in [1.165, 1.54) is 212 Å². The highest BCUT2D eigenvalue weighted by molar-refractivity contribution is 5.71. The van der Waals surface area contributed by atoms with Gasteiger partial charge in [-0.1, -0.05) is 278 Å². The first kappa shape index (κ1) is 60.4. The molecule has 0 rings (SSSR count). The van der Waals surface area contributed by atoms with Crippen molar-refractivity contribution in [3.63, 3.8) is 0 Å². The maximum atomic E-state index is 12.8. The van der Waals surface area contributed by atoms with Crippen molar-refractivity contribution < 1.29 is 28.6 Å². The van der Waals surface area contributed by atoms with Crippen molar-refractivity contribution in [2.75, 3.05) is 13.2 Å². The molecule has 0 bridgehead atoms. The zero-order valence-electron chi connectivity index (χ0n) is 42.3. The monoisotopic (exact) mass is 877 g/mol. The molecule has 0 aliphatic carbocycles. The number of esters is 3. The Hall–Kier alpha value is -1.59. The molecule has 368 valence electrons. The van der Waals surface area contributed by atoms with Crippen molar-refractivity contribution in [3.8, 4) is 0 Å². The number of ether oxygens (including phenoxy) is 3. The van der Waals surface area contributed by atoms with Crippen LogP contribution >= 0.6 is 0 Å². The third-order valence-electron chi connectivity index (χ3n) is 13.2. The van der Waals surface area contributed by atoms with Crippen molar-refractivity contribution in [3.05, 3.63) is 0 Å². The van der Waals surface area contributed by atoms with Crippen molar-refractivity contribution >= 4 is 17.9 Å². The summed E-state index contributed by atoms with van der Waals surface area (Å²) >= 11 is 0. The van der Waals surface area contributed by atoms with Crippen LogP contribution in [0.3, 0.4) is 0 Å². The molecule has 6 heteroatoms. The first-order valence-electron chi connectivity index (χ1n) is 27.9. The van der Waals surface area contributed by atoms with Gasteiger partial charge in [0.05, 0.1) is 0 Å². The molecule has 0 amide bonds. The fourth-order valence-electron chi connectivity index (χ4n) is 8.54. The number of hydrogen-bond acceptors (Lipinski definition) is 6. The Morgan fingerprint density at radius 1 is 0.323 bits per heavy atom. The van der Waals surface area contributed by atoms with E-state index in [4.69, 9.17) is 14.2 Å². The van der Waals surface area contributed by atoms with Crippen LogP contribution in [0.1, 0.15) is 317 Å². The highest BCUT2D eigenvalue weighted by atomic mass is 16.6. The van der Waals surface area contributed by atoms with Crippen molar-refractivity contribution in [2.45, 2.75) is 323 Å². The summed E-state index contributed by atoms with van der Waals surface area (Å²) < 4.78 is 16.9. The maximum Gasteiger partial charge on any atom is 0.306 e. The van der Waals surface area contributed by atoms with E-state index in [1.54, 1.807) is 0 Å². The van der Waals surface area contributed by atoms with Crippen LogP contribution in [0.25, 0.3) is 0 Å². The van der Waals surface area contributed by atoms with Crippen LogP contribution in [0.5, 0.6) is 0 Å². The molecule has 0 aliphatic rings. The molecule has 0 saturated heterocycles. The Bertz CT molecular complexity index is 935. The molecular weight excluding hydrogens is 769 g/mol. The lowest BCUT2D eigenvalue weighted by atomic mass is 9.99. The Kier molecular flexibility index (Phi) is 49.1. The lowest BCUT2D eigenvalue weighted by Gasteiger charge is -2.18.